The summed E-state index contributed by atoms with van der Waals surface area (Å²) in [5.41, 5.74) is 0.621. The quantitative estimate of drug-likeness (QED) is 0.536. The van der Waals surface area contributed by atoms with Crippen molar-refractivity contribution in [2.24, 2.45) is 0 Å². The minimum absolute atomic E-state index is 0.0400. The molecule has 22 heavy (non-hydrogen) atoms. The number of rotatable bonds is 3. The molecule has 0 unspecified atom stereocenters. The number of nitriles is 1. The van der Waals surface area contributed by atoms with Gasteiger partial charge in [-0.3, -0.25) is 15.1 Å². The van der Waals surface area contributed by atoms with Gasteiger partial charge >= 0.3 is 0 Å². The molecule has 0 aliphatic carbocycles. The first-order chi connectivity index (χ1) is 10.7. The van der Waals surface area contributed by atoms with Crippen LogP contribution in [0.5, 0.6) is 0 Å². The van der Waals surface area contributed by atoms with Gasteiger partial charge in [-0.15, -0.1) is 0 Å². The van der Waals surface area contributed by atoms with Crippen LogP contribution in [0, 0.1) is 21.4 Å². The SMILES string of the molecule is N#Cc1cccc(Sc2ccc([N+](=O)[O-])c3cnccc23)c1. The molecule has 3 aromatic rings. The average Bonchev–Trinajstić information content (AvgIpc) is 2.55. The average molecular weight is 307 g/mol. The number of hydrogen-bond donors (Lipinski definition) is 0. The molecule has 3 rings (SSSR count). The molecule has 1 aromatic heterocycles. The van der Waals surface area contributed by atoms with E-state index < -0.39 is 4.92 Å². The lowest BCUT2D eigenvalue weighted by Crippen LogP contribution is -1.91. The van der Waals surface area contributed by atoms with E-state index in [-0.39, 0.29) is 5.69 Å². The number of fused-ring (bicyclic) bond motifs is 1. The molecular weight excluding hydrogens is 298 g/mol. The summed E-state index contributed by atoms with van der Waals surface area (Å²) in [6.45, 7) is 0. The third kappa shape index (κ3) is 2.62. The molecule has 6 heteroatoms. The molecule has 0 amide bonds. The number of hydrogen-bond acceptors (Lipinski definition) is 5. The van der Waals surface area contributed by atoms with E-state index in [1.54, 1.807) is 30.5 Å². The highest BCUT2D eigenvalue weighted by molar-refractivity contribution is 7.99. The van der Waals surface area contributed by atoms with Crippen LogP contribution >= 0.6 is 11.8 Å². The van der Waals surface area contributed by atoms with Crippen LogP contribution in [0.3, 0.4) is 0 Å². The number of non-ortho nitro benzene ring substituents is 1. The molecule has 0 atom stereocenters. The molecule has 0 saturated heterocycles. The molecule has 0 spiro atoms. The first kappa shape index (κ1) is 14.0. The third-order valence-corrected chi connectivity index (χ3v) is 4.21. The Morgan fingerprint density at radius 3 is 2.82 bits per heavy atom. The van der Waals surface area contributed by atoms with Crippen LogP contribution in [-0.2, 0) is 0 Å². The Labute approximate surface area is 130 Å². The van der Waals surface area contributed by atoms with Crippen molar-refractivity contribution in [1.82, 2.24) is 4.98 Å². The Morgan fingerprint density at radius 2 is 2.05 bits per heavy atom. The van der Waals surface area contributed by atoms with Crippen LogP contribution in [0.1, 0.15) is 5.56 Å². The maximum absolute atomic E-state index is 11.1. The van der Waals surface area contributed by atoms with Crippen LogP contribution in [-0.4, -0.2) is 9.91 Å². The van der Waals surface area contributed by atoms with E-state index in [2.05, 4.69) is 11.1 Å². The van der Waals surface area contributed by atoms with Crippen molar-refractivity contribution in [2.75, 3.05) is 0 Å². The van der Waals surface area contributed by atoms with Crippen molar-refractivity contribution in [3.8, 4) is 6.07 Å². The van der Waals surface area contributed by atoms with Gasteiger partial charge in [0.15, 0.2) is 0 Å². The molecular formula is C16H9N3O2S. The second kappa shape index (κ2) is 5.84. The fourth-order valence-electron chi connectivity index (χ4n) is 2.15. The fraction of sp³-hybridized carbons (Fsp3) is 0. The maximum Gasteiger partial charge on any atom is 0.278 e. The maximum atomic E-state index is 11.1. The van der Waals surface area contributed by atoms with Crippen molar-refractivity contribution >= 4 is 28.2 Å². The Bertz CT molecular complexity index is 919. The monoisotopic (exact) mass is 307 g/mol. The van der Waals surface area contributed by atoms with E-state index in [4.69, 9.17) is 5.26 Å². The highest BCUT2D eigenvalue weighted by atomic mass is 32.2. The summed E-state index contributed by atoms with van der Waals surface area (Å²) in [5.74, 6) is 0. The zero-order chi connectivity index (χ0) is 15.5. The molecule has 0 fully saturated rings. The minimum Gasteiger partial charge on any atom is -0.264 e. The van der Waals surface area contributed by atoms with E-state index in [9.17, 15) is 10.1 Å². The Morgan fingerprint density at radius 1 is 1.18 bits per heavy atom. The lowest BCUT2D eigenvalue weighted by molar-refractivity contribution is -0.383. The number of benzene rings is 2. The van der Waals surface area contributed by atoms with E-state index in [1.165, 1.54) is 24.0 Å². The molecule has 0 bridgehead atoms. The van der Waals surface area contributed by atoms with E-state index >= 15 is 0 Å². The van der Waals surface area contributed by atoms with Gasteiger partial charge in [-0.1, -0.05) is 17.8 Å². The van der Waals surface area contributed by atoms with Gasteiger partial charge in [0.1, 0.15) is 0 Å². The Balaban J connectivity index is 2.10. The molecule has 1 heterocycles. The summed E-state index contributed by atoms with van der Waals surface area (Å²) in [6.07, 6.45) is 3.12. The summed E-state index contributed by atoms with van der Waals surface area (Å²) in [5, 5.41) is 21.3. The number of nitro groups is 1. The predicted molar refractivity (Wildman–Crippen MR) is 83.7 cm³/mol. The van der Waals surface area contributed by atoms with Gasteiger partial charge < -0.3 is 0 Å². The largest absolute Gasteiger partial charge is 0.278 e. The van der Waals surface area contributed by atoms with Gasteiger partial charge in [0.25, 0.3) is 5.69 Å². The Hall–Kier alpha value is -2.91. The van der Waals surface area contributed by atoms with Crippen molar-refractivity contribution in [3.63, 3.8) is 0 Å². The minimum atomic E-state index is -0.408. The van der Waals surface area contributed by atoms with Crippen molar-refractivity contribution < 1.29 is 4.92 Å². The van der Waals surface area contributed by atoms with Crippen LogP contribution in [0.4, 0.5) is 5.69 Å². The Kier molecular flexibility index (Phi) is 3.73. The topological polar surface area (TPSA) is 79.8 Å². The normalized spacial score (nSPS) is 10.3. The van der Waals surface area contributed by atoms with Gasteiger partial charge in [0.2, 0.25) is 0 Å². The fourth-order valence-corrected chi connectivity index (χ4v) is 3.16. The molecule has 2 aromatic carbocycles. The summed E-state index contributed by atoms with van der Waals surface area (Å²) < 4.78 is 0. The van der Waals surface area contributed by atoms with Gasteiger partial charge in [0, 0.05) is 33.6 Å². The van der Waals surface area contributed by atoms with Gasteiger partial charge in [-0.2, -0.15) is 5.26 Å². The second-order valence-electron chi connectivity index (χ2n) is 4.50. The molecule has 0 aliphatic heterocycles. The molecule has 0 saturated carbocycles. The van der Waals surface area contributed by atoms with Gasteiger partial charge in [-0.05, 0) is 30.3 Å². The first-order valence-corrected chi connectivity index (χ1v) is 7.20. The van der Waals surface area contributed by atoms with Gasteiger partial charge in [-0.25, -0.2) is 0 Å². The summed E-state index contributed by atoms with van der Waals surface area (Å²) >= 11 is 1.47. The lowest BCUT2D eigenvalue weighted by atomic mass is 10.1. The molecule has 0 radical (unpaired) electrons. The summed E-state index contributed by atoms with van der Waals surface area (Å²) in [7, 11) is 0. The molecule has 106 valence electrons. The smallest absolute Gasteiger partial charge is 0.264 e. The van der Waals surface area contributed by atoms with E-state index in [0.717, 1.165) is 15.2 Å². The van der Waals surface area contributed by atoms with Crippen molar-refractivity contribution in [2.45, 2.75) is 9.79 Å². The predicted octanol–water partition coefficient (Wildman–Crippen LogP) is 4.17. The van der Waals surface area contributed by atoms with Gasteiger partial charge in [0.05, 0.1) is 21.9 Å². The number of pyridine rings is 1. The highest BCUT2D eigenvalue weighted by Gasteiger charge is 2.14. The lowest BCUT2D eigenvalue weighted by Gasteiger charge is -2.07. The first-order valence-electron chi connectivity index (χ1n) is 6.38. The second-order valence-corrected chi connectivity index (χ2v) is 5.62. The summed E-state index contributed by atoms with van der Waals surface area (Å²) in [6, 6.07) is 14.3. The van der Waals surface area contributed by atoms with Crippen LogP contribution in [0.25, 0.3) is 10.8 Å². The molecule has 5 nitrogen and oxygen atoms in total. The van der Waals surface area contributed by atoms with Crippen LogP contribution in [0.2, 0.25) is 0 Å². The highest BCUT2D eigenvalue weighted by Crippen LogP contribution is 2.37. The summed E-state index contributed by atoms with van der Waals surface area (Å²) in [4.78, 5) is 16.5. The number of aromatic nitrogens is 1. The number of nitrogens with zero attached hydrogens (tertiary/aromatic N) is 3. The molecule has 0 aliphatic rings. The van der Waals surface area contributed by atoms with E-state index in [1.807, 2.05) is 12.1 Å². The molecule has 0 N–H and O–H groups in total. The zero-order valence-corrected chi connectivity index (χ0v) is 12.1. The zero-order valence-electron chi connectivity index (χ0n) is 11.3. The third-order valence-electron chi connectivity index (χ3n) is 3.14. The van der Waals surface area contributed by atoms with Crippen molar-refractivity contribution in [1.29, 1.82) is 5.26 Å². The van der Waals surface area contributed by atoms with Crippen LogP contribution < -0.4 is 0 Å². The number of nitro benzene ring substituents is 1. The van der Waals surface area contributed by atoms with Crippen LogP contribution in [0.15, 0.2) is 64.6 Å². The standard InChI is InChI=1S/C16H9N3O2S/c17-9-11-2-1-3-12(8-11)22-16-5-4-15(19(20)21)14-10-18-7-6-13(14)16/h1-8,10H. The van der Waals surface area contributed by atoms with E-state index in [0.29, 0.717) is 10.9 Å². The van der Waals surface area contributed by atoms with Crippen molar-refractivity contribution in [3.05, 3.63) is 70.5 Å².